The van der Waals surface area contributed by atoms with Gasteiger partial charge in [-0.25, -0.2) is 13.7 Å². The van der Waals surface area contributed by atoms with Crippen LogP contribution in [0.25, 0.3) is 0 Å². The zero-order chi connectivity index (χ0) is 23.9. The summed E-state index contributed by atoms with van der Waals surface area (Å²) in [6.45, 7) is 17.2. The molecule has 0 N–H and O–H groups in total. The van der Waals surface area contributed by atoms with Crippen LogP contribution in [0.15, 0.2) is 41.6 Å². The second-order valence-corrected chi connectivity index (χ2v) is 11.2. The van der Waals surface area contributed by atoms with Gasteiger partial charge in [-0.3, -0.25) is 0 Å². The summed E-state index contributed by atoms with van der Waals surface area (Å²) in [5, 5.41) is 5.21. The molecule has 0 saturated carbocycles. The Balaban J connectivity index is 0.000000213. The Bertz CT molecular complexity index is 730. The van der Waals surface area contributed by atoms with E-state index in [1.165, 1.54) is 50.7 Å². The van der Waals surface area contributed by atoms with Gasteiger partial charge in [-0.15, -0.1) is 0 Å². The predicted molar refractivity (Wildman–Crippen MR) is 143 cm³/mol. The number of aromatic nitrogens is 5. The Kier molecular flexibility index (Phi) is 14.4. The van der Waals surface area contributed by atoms with Gasteiger partial charge in [-0.05, 0) is 81.6 Å². The minimum Gasteiger partial charge on any atom is -0.228 e. The lowest BCUT2D eigenvalue weighted by Gasteiger charge is -1.94. The molecule has 0 atom stereocenters. The molecule has 0 aromatic carbocycles. The third kappa shape index (κ3) is 11.9. The minimum absolute atomic E-state index is 0.530. The highest BCUT2D eigenvalue weighted by Gasteiger charge is 2.00. The van der Waals surface area contributed by atoms with E-state index < -0.39 is 0 Å². The first-order valence-corrected chi connectivity index (χ1v) is 13.9. The highest BCUT2D eigenvalue weighted by molar-refractivity contribution is 7.06. The molecule has 5 nitrogen and oxygen atoms in total. The van der Waals surface area contributed by atoms with Crippen LogP contribution in [-0.4, -0.2) is 22.5 Å². The Hall–Kier alpha value is -1.55. The second kappa shape index (κ2) is 16.1. The molecule has 4 rings (SSSR count). The van der Waals surface area contributed by atoms with E-state index in [0.717, 1.165) is 5.01 Å². The molecule has 0 spiro atoms. The summed E-state index contributed by atoms with van der Waals surface area (Å²) < 4.78 is 16.0. The van der Waals surface area contributed by atoms with Crippen LogP contribution in [0, 0.1) is 0 Å². The fourth-order valence-corrected chi connectivity index (χ4v) is 4.41. The summed E-state index contributed by atoms with van der Waals surface area (Å²) in [6.07, 6.45) is 5.37. The van der Waals surface area contributed by atoms with E-state index in [4.69, 9.17) is 0 Å². The van der Waals surface area contributed by atoms with Crippen molar-refractivity contribution in [2.24, 2.45) is 0 Å². The van der Waals surface area contributed by atoms with Gasteiger partial charge in [0.25, 0.3) is 0 Å². The normalized spacial score (nSPS) is 10.4. The van der Waals surface area contributed by atoms with Crippen LogP contribution < -0.4 is 0 Å². The van der Waals surface area contributed by atoms with Crippen molar-refractivity contribution >= 4 is 46.1 Å². The van der Waals surface area contributed by atoms with Gasteiger partial charge in [0.15, 0.2) is 0 Å². The quantitative estimate of drug-likeness (QED) is 0.276. The summed E-state index contributed by atoms with van der Waals surface area (Å²) in [5.74, 6) is 2.39. The molecule has 4 aromatic rings. The molecule has 0 aliphatic rings. The Labute approximate surface area is 209 Å². The van der Waals surface area contributed by atoms with Gasteiger partial charge >= 0.3 is 0 Å². The van der Waals surface area contributed by atoms with Gasteiger partial charge < -0.3 is 0 Å². The van der Waals surface area contributed by atoms with Crippen LogP contribution in [0.3, 0.4) is 0 Å². The van der Waals surface area contributed by atoms with Crippen molar-refractivity contribution in [2.75, 3.05) is 0 Å². The number of nitrogens with zero attached hydrogens (tertiary/aromatic N) is 5. The standard InChI is InChI=1S/3C6H9NS.C5H8N2S/c1-5(2)6-3-7-8-4-6;1-5(2)6-3-4-8-7-6;1-5(2)6-3-4-7-8-6;1-4(2)5-6-3-7-8-5/h3*3-5H,1-2H3;3-4H,1-2H3. The molecule has 0 bridgehead atoms. The monoisotopic (exact) mass is 509 g/mol. The van der Waals surface area contributed by atoms with E-state index >= 15 is 0 Å². The molecule has 0 aliphatic carbocycles. The van der Waals surface area contributed by atoms with Gasteiger partial charge in [-0.2, -0.15) is 8.75 Å². The van der Waals surface area contributed by atoms with Crippen molar-refractivity contribution in [1.29, 1.82) is 0 Å². The molecule has 0 fully saturated rings. The van der Waals surface area contributed by atoms with Crippen LogP contribution in [-0.2, 0) is 0 Å². The third-order valence-electron chi connectivity index (χ3n) is 4.07. The Morgan fingerprint density at radius 3 is 1.72 bits per heavy atom. The van der Waals surface area contributed by atoms with Gasteiger partial charge in [0.1, 0.15) is 11.3 Å². The van der Waals surface area contributed by atoms with Gasteiger partial charge in [0, 0.05) is 33.9 Å². The van der Waals surface area contributed by atoms with Crippen molar-refractivity contribution in [2.45, 2.75) is 79.1 Å². The van der Waals surface area contributed by atoms with E-state index in [2.05, 4.69) is 95.4 Å². The third-order valence-corrected chi connectivity index (χ3v) is 7.25. The summed E-state index contributed by atoms with van der Waals surface area (Å²) in [4.78, 5) is 5.39. The zero-order valence-corrected chi connectivity index (χ0v) is 23.5. The number of hydrogen-bond donors (Lipinski definition) is 0. The minimum atomic E-state index is 0.530. The Morgan fingerprint density at radius 1 is 0.719 bits per heavy atom. The summed E-state index contributed by atoms with van der Waals surface area (Å²) >= 11 is 6.09. The molecule has 4 aromatic heterocycles. The molecule has 9 heteroatoms. The maximum absolute atomic E-state index is 4.16. The zero-order valence-electron chi connectivity index (χ0n) is 20.2. The molecule has 0 amide bonds. The fourth-order valence-electron chi connectivity index (χ4n) is 1.98. The SMILES string of the molecule is CC(C)c1ccns1.CC(C)c1ccsn1.CC(C)c1cnsc1.CC(C)c1ncns1. The first kappa shape index (κ1) is 28.5. The lowest BCUT2D eigenvalue weighted by atomic mass is 10.1. The molecule has 0 saturated heterocycles. The topological polar surface area (TPSA) is 64.5 Å². The molecular formula is C23H35N5S4. The lowest BCUT2D eigenvalue weighted by Crippen LogP contribution is -1.83. The highest BCUT2D eigenvalue weighted by Crippen LogP contribution is 2.16. The molecular weight excluding hydrogens is 475 g/mol. The Morgan fingerprint density at radius 2 is 1.47 bits per heavy atom. The molecule has 0 radical (unpaired) electrons. The van der Waals surface area contributed by atoms with Crippen LogP contribution in [0.1, 0.15) is 100 Å². The molecule has 32 heavy (non-hydrogen) atoms. The maximum Gasteiger partial charge on any atom is 0.129 e. The van der Waals surface area contributed by atoms with E-state index in [0.29, 0.717) is 23.7 Å². The van der Waals surface area contributed by atoms with E-state index in [1.54, 1.807) is 17.9 Å². The largest absolute Gasteiger partial charge is 0.228 e. The molecule has 4 heterocycles. The molecule has 0 aliphatic heterocycles. The summed E-state index contributed by atoms with van der Waals surface area (Å²) in [6, 6.07) is 4.13. The smallest absolute Gasteiger partial charge is 0.129 e. The van der Waals surface area contributed by atoms with Crippen molar-refractivity contribution in [3.8, 4) is 0 Å². The van der Waals surface area contributed by atoms with Crippen LogP contribution in [0.4, 0.5) is 0 Å². The van der Waals surface area contributed by atoms with Crippen molar-refractivity contribution in [1.82, 2.24) is 22.5 Å². The fraction of sp³-hybridized carbons (Fsp3) is 0.522. The van der Waals surface area contributed by atoms with Gasteiger partial charge in [-0.1, -0.05) is 55.4 Å². The van der Waals surface area contributed by atoms with Crippen LogP contribution in [0.5, 0.6) is 0 Å². The second-order valence-electron chi connectivity index (χ2n) is 8.20. The summed E-state index contributed by atoms with van der Waals surface area (Å²) in [7, 11) is 0. The van der Waals surface area contributed by atoms with Gasteiger partial charge in [0.05, 0.1) is 5.69 Å². The molecule has 176 valence electrons. The maximum atomic E-state index is 4.16. The van der Waals surface area contributed by atoms with E-state index in [-0.39, 0.29) is 0 Å². The average Bonchev–Trinajstić information content (AvgIpc) is 3.56. The average molecular weight is 510 g/mol. The van der Waals surface area contributed by atoms with Crippen LogP contribution >= 0.6 is 46.1 Å². The van der Waals surface area contributed by atoms with Crippen molar-refractivity contribution in [3.63, 3.8) is 0 Å². The van der Waals surface area contributed by atoms with E-state index in [1.807, 2.05) is 17.8 Å². The number of hydrogen-bond acceptors (Lipinski definition) is 9. The predicted octanol–water partition coefficient (Wildman–Crippen LogP) is 8.46. The van der Waals surface area contributed by atoms with Crippen molar-refractivity contribution in [3.05, 3.63) is 62.8 Å². The van der Waals surface area contributed by atoms with Crippen molar-refractivity contribution < 1.29 is 0 Å². The highest BCUT2D eigenvalue weighted by atomic mass is 32.1. The first-order chi connectivity index (χ1) is 15.2. The lowest BCUT2D eigenvalue weighted by molar-refractivity contribution is 0.841. The van der Waals surface area contributed by atoms with E-state index in [9.17, 15) is 0 Å². The molecule has 0 unspecified atom stereocenters. The first-order valence-electron chi connectivity index (χ1n) is 10.7. The van der Waals surface area contributed by atoms with Gasteiger partial charge in [0.2, 0.25) is 0 Å². The summed E-state index contributed by atoms with van der Waals surface area (Å²) in [5.41, 5.74) is 2.55. The van der Waals surface area contributed by atoms with Crippen LogP contribution in [0.2, 0.25) is 0 Å². The number of rotatable bonds is 4.